The number of nitrogens with zero attached hydrogens (tertiary/aromatic N) is 3. The molecule has 6 nitrogen and oxygen atoms in total. The molecule has 0 aliphatic carbocycles. The maximum atomic E-state index is 12.5. The molecule has 1 fully saturated rings. The van der Waals surface area contributed by atoms with Crippen LogP contribution in [0.4, 0.5) is 0 Å². The molecule has 2 heterocycles. The predicted molar refractivity (Wildman–Crippen MR) is 110 cm³/mol. The van der Waals surface area contributed by atoms with Gasteiger partial charge < -0.3 is 9.30 Å². The van der Waals surface area contributed by atoms with Gasteiger partial charge in [-0.3, -0.25) is 4.90 Å². The topological polar surface area (TPSA) is 64.4 Å². The standard InChI is InChI=1S/C21H31N3O3S/c1-4-28(25,26)21-22-13-20(16-23-14-17(2)27-18(3)15-23)24(21)12-8-11-19-9-6-5-7-10-19/h5-7,9-10,13,17-18H,4,8,11-12,14-16H2,1-3H3/t17-,18+. The molecule has 7 heteroatoms. The van der Waals surface area contributed by atoms with E-state index in [1.54, 1.807) is 13.1 Å². The smallest absolute Gasteiger partial charge is 0.227 e. The summed E-state index contributed by atoms with van der Waals surface area (Å²) in [5.41, 5.74) is 2.22. The summed E-state index contributed by atoms with van der Waals surface area (Å²) in [6, 6.07) is 10.3. The van der Waals surface area contributed by atoms with Crippen LogP contribution in [-0.4, -0.2) is 53.9 Å². The van der Waals surface area contributed by atoms with E-state index in [4.69, 9.17) is 4.74 Å². The molecule has 2 atom stereocenters. The van der Waals surface area contributed by atoms with Crippen LogP contribution >= 0.6 is 0 Å². The van der Waals surface area contributed by atoms with Crippen molar-refractivity contribution < 1.29 is 13.2 Å². The summed E-state index contributed by atoms with van der Waals surface area (Å²) in [7, 11) is -3.36. The lowest BCUT2D eigenvalue weighted by Crippen LogP contribution is -2.45. The highest BCUT2D eigenvalue weighted by molar-refractivity contribution is 7.91. The van der Waals surface area contributed by atoms with Gasteiger partial charge in [0.15, 0.2) is 0 Å². The van der Waals surface area contributed by atoms with Gasteiger partial charge in [-0.15, -0.1) is 0 Å². The van der Waals surface area contributed by atoms with Crippen molar-refractivity contribution in [3.63, 3.8) is 0 Å². The van der Waals surface area contributed by atoms with E-state index in [1.807, 2.05) is 22.8 Å². The third-order valence-electron chi connectivity index (χ3n) is 5.13. The Kier molecular flexibility index (Phi) is 6.91. The summed E-state index contributed by atoms with van der Waals surface area (Å²) in [4.78, 5) is 6.63. The minimum atomic E-state index is -3.36. The first-order chi connectivity index (χ1) is 13.4. The second-order valence-corrected chi connectivity index (χ2v) is 9.80. The fraction of sp³-hybridized carbons (Fsp3) is 0.571. The van der Waals surface area contributed by atoms with E-state index in [1.165, 1.54) is 5.56 Å². The zero-order valence-corrected chi connectivity index (χ0v) is 17.9. The Morgan fingerprint density at radius 1 is 1.14 bits per heavy atom. The Morgan fingerprint density at radius 2 is 1.82 bits per heavy atom. The van der Waals surface area contributed by atoms with Crippen molar-refractivity contribution in [2.45, 2.75) is 64.1 Å². The maximum absolute atomic E-state index is 12.5. The van der Waals surface area contributed by atoms with Crippen LogP contribution in [0.1, 0.15) is 38.4 Å². The lowest BCUT2D eigenvalue weighted by molar-refractivity contribution is -0.0710. The number of sulfone groups is 1. The number of imidazole rings is 1. The fourth-order valence-corrected chi connectivity index (χ4v) is 4.88. The number of aryl methyl sites for hydroxylation is 1. The predicted octanol–water partition coefficient (Wildman–Crippen LogP) is 2.92. The molecular weight excluding hydrogens is 374 g/mol. The van der Waals surface area contributed by atoms with E-state index in [2.05, 4.69) is 35.9 Å². The molecule has 1 aromatic heterocycles. The first-order valence-corrected chi connectivity index (χ1v) is 11.7. The van der Waals surface area contributed by atoms with Gasteiger partial charge in [-0.1, -0.05) is 37.3 Å². The molecular formula is C21H31N3O3S. The average Bonchev–Trinajstić information content (AvgIpc) is 3.05. The highest BCUT2D eigenvalue weighted by Crippen LogP contribution is 2.19. The lowest BCUT2D eigenvalue weighted by atomic mass is 10.1. The van der Waals surface area contributed by atoms with Crippen LogP contribution in [-0.2, 0) is 34.1 Å². The van der Waals surface area contributed by atoms with Crippen LogP contribution in [0.2, 0.25) is 0 Å². The Bertz CT molecular complexity index is 854. The number of hydrogen-bond acceptors (Lipinski definition) is 5. The van der Waals surface area contributed by atoms with E-state index in [0.29, 0.717) is 13.1 Å². The number of ether oxygens (including phenoxy) is 1. The molecule has 3 rings (SSSR count). The van der Waals surface area contributed by atoms with Crippen molar-refractivity contribution in [2.75, 3.05) is 18.8 Å². The molecule has 0 unspecified atom stereocenters. The quantitative estimate of drug-likeness (QED) is 0.676. The summed E-state index contributed by atoms with van der Waals surface area (Å²) in [5.74, 6) is 0.0633. The van der Waals surface area contributed by atoms with Gasteiger partial charge in [-0.2, -0.15) is 0 Å². The molecule has 0 saturated carbocycles. The van der Waals surface area contributed by atoms with Gasteiger partial charge in [0.2, 0.25) is 15.0 Å². The lowest BCUT2D eigenvalue weighted by Gasteiger charge is -2.35. The Morgan fingerprint density at radius 3 is 2.46 bits per heavy atom. The van der Waals surface area contributed by atoms with Crippen molar-refractivity contribution in [3.05, 3.63) is 47.8 Å². The summed E-state index contributed by atoms with van der Waals surface area (Å²) < 4.78 is 32.8. The number of benzene rings is 1. The Balaban J connectivity index is 1.77. The first-order valence-electron chi connectivity index (χ1n) is 10.1. The molecule has 0 bridgehead atoms. The average molecular weight is 406 g/mol. The highest BCUT2D eigenvalue weighted by Gasteiger charge is 2.26. The maximum Gasteiger partial charge on any atom is 0.227 e. The van der Waals surface area contributed by atoms with Crippen LogP contribution in [0.5, 0.6) is 0 Å². The molecule has 0 amide bonds. The summed E-state index contributed by atoms with van der Waals surface area (Å²) in [6.07, 6.45) is 3.87. The summed E-state index contributed by atoms with van der Waals surface area (Å²) >= 11 is 0. The minimum Gasteiger partial charge on any atom is -0.373 e. The van der Waals surface area contributed by atoms with E-state index in [9.17, 15) is 8.42 Å². The van der Waals surface area contributed by atoms with Crippen molar-refractivity contribution in [1.82, 2.24) is 14.5 Å². The first kappa shape index (κ1) is 21.0. The van der Waals surface area contributed by atoms with E-state index in [-0.39, 0.29) is 23.1 Å². The van der Waals surface area contributed by atoms with Gasteiger partial charge in [0, 0.05) is 26.2 Å². The SMILES string of the molecule is CCS(=O)(=O)c1ncc(CN2C[C@@H](C)O[C@@H](C)C2)n1CCCc1ccccc1. The van der Waals surface area contributed by atoms with Crippen LogP contribution < -0.4 is 0 Å². The second-order valence-electron chi connectivity index (χ2n) is 7.63. The molecule has 0 spiro atoms. The molecule has 2 aromatic rings. The largest absolute Gasteiger partial charge is 0.373 e. The third-order valence-corrected chi connectivity index (χ3v) is 6.77. The summed E-state index contributed by atoms with van der Waals surface area (Å²) in [5, 5.41) is 0.201. The second kappa shape index (κ2) is 9.20. The molecule has 1 aromatic carbocycles. The van der Waals surface area contributed by atoms with Gasteiger partial charge in [0.1, 0.15) is 0 Å². The third kappa shape index (κ3) is 5.21. The fourth-order valence-electron chi connectivity index (χ4n) is 3.86. The van der Waals surface area contributed by atoms with Gasteiger partial charge in [-0.05, 0) is 32.3 Å². The van der Waals surface area contributed by atoms with Crippen molar-refractivity contribution in [1.29, 1.82) is 0 Å². The zero-order chi connectivity index (χ0) is 20.1. The Hall–Kier alpha value is -1.70. The van der Waals surface area contributed by atoms with Crippen LogP contribution in [0.3, 0.4) is 0 Å². The van der Waals surface area contributed by atoms with Crippen LogP contribution in [0.15, 0.2) is 41.7 Å². The van der Waals surface area contributed by atoms with Gasteiger partial charge in [0.05, 0.1) is 29.9 Å². The minimum absolute atomic E-state index is 0.0633. The van der Waals surface area contributed by atoms with Gasteiger partial charge in [0.25, 0.3) is 0 Å². The number of morpholine rings is 1. The van der Waals surface area contributed by atoms with Crippen molar-refractivity contribution >= 4 is 9.84 Å². The molecule has 0 N–H and O–H groups in total. The van der Waals surface area contributed by atoms with Gasteiger partial charge >= 0.3 is 0 Å². The highest BCUT2D eigenvalue weighted by atomic mass is 32.2. The van der Waals surface area contributed by atoms with E-state index >= 15 is 0 Å². The molecule has 1 saturated heterocycles. The molecule has 0 radical (unpaired) electrons. The van der Waals surface area contributed by atoms with Crippen molar-refractivity contribution in [3.8, 4) is 0 Å². The summed E-state index contributed by atoms with van der Waals surface area (Å²) in [6.45, 7) is 8.84. The normalized spacial score (nSPS) is 21.1. The molecule has 28 heavy (non-hydrogen) atoms. The van der Waals surface area contributed by atoms with Gasteiger partial charge in [-0.25, -0.2) is 13.4 Å². The van der Waals surface area contributed by atoms with E-state index in [0.717, 1.165) is 31.6 Å². The number of hydrogen-bond donors (Lipinski definition) is 0. The molecule has 1 aliphatic heterocycles. The molecule has 154 valence electrons. The zero-order valence-electron chi connectivity index (χ0n) is 17.0. The molecule has 1 aliphatic rings. The van der Waals surface area contributed by atoms with Crippen LogP contribution in [0, 0.1) is 0 Å². The number of aromatic nitrogens is 2. The monoisotopic (exact) mass is 405 g/mol. The van der Waals surface area contributed by atoms with Crippen molar-refractivity contribution in [2.24, 2.45) is 0 Å². The number of rotatable bonds is 8. The Labute approximate surface area is 168 Å². The van der Waals surface area contributed by atoms with Crippen LogP contribution in [0.25, 0.3) is 0 Å². The van der Waals surface area contributed by atoms with E-state index < -0.39 is 9.84 Å².